The summed E-state index contributed by atoms with van der Waals surface area (Å²) in [6, 6.07) is 0. The molecule has 4 nitrogen and oxygen atoms in total. The Morgan fingerprint density at radius 3 is 2.08 bits per heavy atom. The Balaban J connectivity index is 4.49. The molecule has 0 atom stereocenters. The fourth-order valence-corrected chi connectivity index (χ4v) is 2.53. The summed E-state index contributed by atoms with van der Waals surface area (Å²) in [5.41, 5.74) is 0. The van der Waals surface area contributed by atoms with E-state index in [0.29, 0.717) is 18.4 Å². The van der Waals surface area contributed by atoms with Gasteiger partial charge in [0.05, 0.1) is 0 Å². The number of halogens is 1. The van der Waals surface area contributed by atoms with Gasteiger partial charge in [0.1, 0.15) is 0 Å². The second-order valence-electron chi connectivity index (χ2n) is 2.47. The quantitative estimate of drug-likeness (QED) is 0.675. The van der Waals surface area contributed by atoms with Gasteiger partial charge >= 0.3 is 0 Å². The molecule has 0 aromatic carbocycles. The van der Waals surface area contributed by atoms with Crippen molar-refractivity contribution in [2.75, 3.05) is 32.5 Å². The summed E-state index contributed by atoms with van der Waals surface area (Å²) in [6.45, 7) is 2.84. The van der Waals surface area contributed by atoms with Crippen molar-refractivity contribution < 1.29 is 8.42 Å². The third-order valence-electron chi connectivity index (χ3n) is 1.47. The van der Waals surface area contributed by atoms with Gasteiger partial charge in [0.2, 0.25) is 0 Å². The molecule has 6 heteroatoms. The Morgan fingerprint density at radius 2 is 1.83 bits per heavy atom. The molecule has 0 radical (unpaired) electrons. The second kappa shape index (κ2) is 5.16. The van der Waals surface area contributed by atoms with Gasteiger partial charge in [-0.1, -0.05) is 22.9 Å². The second-order valence-corrected chi connectivity index (χ2v) is 5.41. The number of hydrogen-bond acceptors (Lipinski definition) is 2. The smallest absolute Gasteiger partial charge is 0.195 e. The summed E-state index contributed by atoms with van der Waals surface area (Å²) < 4.78 is 25.6. The van der Waals surface area contributed by atoms with Gasteiger partial charge in [-0.25, -0.2) is 0 Å². The van der Waals surface area contributed by atoms with Crippen molar-refractivity contribution in [3.63, 3.8) is 0 Å². The van der Waals surface area contributed by atoms with Gasteiger partial charge < -0.3 is 0 Å². The fourth-order valence-electron chi connectivity index (χ4n) is 0.762. The summed E-state index contributed by atoms with van der Waals surface area (Å²) in [4.78, 5) is 0. The molecule has 0 bridgehead atoms. The lowest BCUT2D eigenvalue weighted by Crippen LogP contribution is -2.40. The Morgan fingerprint density at radius 1 is 1.33 bits per heavy atom. The van der Waals surface area contributed by atoms with Crippen molar-refractivity contribution in [1.29, 1.82) is 0 Å². The van der Waals surface area contributed by atoms with E-state index in [-0.39, 0.29) is 0 Å². The molecule has 0 aliphatic heterocycles. The maximum atomic E-state index is 11.5. The maximum absolute atomic E-state index is 11.5. The van der Waals surface area contributed by atoms with Crippen molar-refractivity contribution in [2.24, 2.45) is 0 Å². The molecule has 0 aliphatic carbocycles. The zero-order valence-corrected chi connectivity index (χ0v) is 10.0. The van der Waals surface area contributed by atoms with Crippen molar-refractivity contribution >= 4 is 26.1 Å². The lowest BCUT2D eigenvalue weighted by molar-refractivity contribution is 0.401. The molecular weight excluding hydrogens is 244 g/mol. The topological polar surface area (TPSA) is 40.6 Å². The Hall–Kier alpha value is 0.350. The monoisotopic (exact) mass is 258 g/mol. The molecule has 0 fully saturated rings. The van der Waals surface area contributed by atoms with Crippen LogP contribution in [0.3, 0.4) is 0 Å². The van der Waals surface area contributed by atoms with Gasteiger partial charge in [0.15, 0.2) is 0 Å². The van der Waals surface area contributed by atoms with E-state index < -0.39 is 10.2 Å². The molecule has 0 aromatic rings. The maximum Gasteiger partial charge on any atom is 0.281 e. The van der Waals surface area contributed by atoms with Crippen LogP contribution >= 0.6 is 15.9 Å². The molecule has 0 amide bonds. The van der Waals surface area contributed by atoms with Crippen LogP contribution in [0.2, 0.25) is 0 Å². The van der Waals surface area contributed by atoms with Crippen LogP contribution in [0.4, 0.5) is 0 Å². The Labute approximate surface area is 82.8 Å². The molecule has 0 aliphatic rings. The highest BCUT2D eigenvalue weighted by molar-refractivity contribution is 9.09. The number of alkyl halides is 1. The predicted octanol–water partition coefficient (Wildman–Crippen LogP) is 0.510. The van der Waals surface area contributed by atoms with Crippen LogP contribution in [0.5, 0.6) is 0 Å². The average molecular weight is 259 g/mol. The zero-order valence-electron chi connectivity index (χ0n) is 7.62. The molecule has 12 heavy (non-hydrogen) atoms. The van der Waals surface area contributed by atoms with E-state index in [0.717, 1.165) is 0 Å². The van der Waals surface area contributed by atoms with E-state index in [1.165, 1.54) is 22.7 Å². The Bertz CT molecular complexity index is 216. The normalized spacial score (nSPS) is 12.8. The molecule has 0 heterocycles. The highest BCUT2D eigenvalue weighted by atomic mass is 79.9. The van der Waals surface area contributed by atoms with E-state index >= 15 is 0 Å². The van der Waals surface area contributed by atoms with Crippen LogP contribution < -0.4 is 0 Å². The molecule has 0 saturated carbocycles. The molecule has 0 spiro atoms. The van der Waals surface area contributed by atoms with Crippen molar-refractivity contribution in [3.8, 4) is 0 Å². The highest BCUT2D eigenvalue weighted by Crippen LogP contribution is 2.03. The Kier molecular flexibility index (Phi) is 5.31. The molecular formula is C6H15BrN2O2S. The van der Waals surface area contributed by atoms with Gasteiger partial charge in [0, 0.05) is 32.5 Å². The van der Waals surface area contributed by atoms with Gasteiger partial charge in [-0.15, -0.1) is 0 Å². The lowest BCUT2D eigenvalue weighted by Gasteiger charge is -2.22. The standard InChI is InChI=1S/C6H15BrN2O2S/c1-4-9(6-5-7)12(10,11)8(2)3/h4-6H2,1-3H3. The summed E-state index contributed by atoms with van der Waals surface area (Å²) in [5, 5.41) is 0.661. The largest absolute Gasteiger partial charge is 0.281 e. The number of nitrogens with zero attached hydrogens (tertiary/aromatic N) is 2. The molecule has 0 aromatic heterocycles. The summed E-state index contributed by atoms with van der Waals surface area (Å²) in [5.74, 6) is 0. The van der Waals surface area contributed by atoms with E-state index in [2.05, 4.69) is 15.9 Å². The van der Waals surface area contributed by atoms with Crippen molar-refractivity contribution in [2.45, 2.75) is 6.92 Å². The first kappa shape index (κ1) is 12.3. The van der Waals surface area contributed by atoms with Crippen molar-refractivity contribution in [3.05, 3.63) is 0 Å². The molecule has 0 N–H and O–H groups in total. The van der Waals surface area contributed by atoms with E-state index in [4.69, 9.17) is 0 Å². The average Bonchev–Trinajstić information content (AvgIpc) is 1.99. The third kappa shape index (κ3) is 3.01. The molecule has 0 rings (SSSR count). The first-order chi connectivity index (χ1) is 5.46. The number of hydrogen-bond donors (Lipinski definition) is 0. The summed E-state index contributed by atoms with van der Waals surface area (Å²) in [6.07, 6.45) is 0. The third-order valence-corrected chi connectivity index (χ3v) is 3.85. The minimum absolute atomic E-state index is 0.506. The van der Waals surface area contributed by atoms with Crippen molar-refractivity contribution in [1.82, 2.24) is 8.61 Å². The molecule has 0 saturated heterocycles. The number of rotatable bonds is 5. The summed E-state index contributed by atoms with van der Waals surface area (Å²) in [7, 11) is -0.147. The van der Waals surface area contributed by atoms with Gasteiger partial charge in [-0.3, -0.25) is 0 Å². The summed E-state index contributed by atoms with van der Waals surface area (Å²) >= 11 is 3.21. The molecule has 0 unspecified atom stereocenters. The first-order valence-electron chi connectivity index (χ1n) is 3.70. The van der Waals surface area contributed by atoms with Crippen LogP contribution in [-0.2, 0) is 10.2 Å². The van der Waals surface area contributed by atoms with Gasteiger partial charge in [-0.2, -0.15) is 17.0 Å². The highest BCUT2D eigenvalue weighted by Gasteiger charge is 2.21. The van der Waals surface area contributed by atoms with Crippen LogP contribution in [0, 0.1) is 0 Å². The minimum Gasteiger partial charge on any atom is -0.195 e. The van der Waals surface area contributed by atoms with Crippen LogP contribution in [0.1, 0.15) is 6.92 Å². The van der Waals surface area contributed by atoms with Crippen LogP contribution in [0.15, 0.2) is 0 Å². The van der Waals surface area contributed by atoms with E-state index in [1.807, 2.05) is 6.92 Å². The first-order valence-corrected chi connectivity index (χ1v) is 6.22. The zero-order chi connectivity index (χ0) is 9.78. The van der Waals surface area contributed by atoms with E-state index in [1.54, 1.807) is 0 Å². The lowest BCUT2D eigenvalue weighted by atomic mass is 10.7. The SMILES string of the molecule is CCN(CCBr)S(=O)(=O)N(C)C. The van der Waals surface area contributed by atoms with Crippen LogP contribution in [0.25, 0.3) is 0 Å². The predicted molar refractivity (Wildman–Crippen MR) is 53.6 cm³/mol. The molecule has 74 valence electrons. The van der Waals surface area contributed by atoms with Gasteiger partial charge in [-0.05, 0) is 0 Å². The minimum atomic E-state index is -3.21. The van der Waals surface area contributed by atoms with Gasteiger partial charge in [0.25, 0.3) is 10.2 Å². The van der Waals surface area contributed by atoms with E-state index in [9.17, 15) is 8.42 Å². The van der Waals surface area contributed by atoms with Crippen LogP contribution in [-0.4, -0.2) is 49.5 Å². The fraction of sp³-hybridized carbons (Fsp3) is 1.00.